The van der Waals surface area contributed by atoms with E-state index in [2.05, 4.69) is 4.98 Å². The molecule has 122 valence electrons. The van der Waals surface area contributed by atoms with E-state index in [1.165, 1.54) is 26.1 Å². The Morgan fingerprint density at radius 2 is 1.86 bits per heavy atom. The molecule has 0 amide bonds. The van der Waals surface area contributed by atoms with Gasteiger partial charge in [-0.05, 0) is 32.4 Å². The van der Waals surface area contributed by atoms with Gasteiger partial charge in [-0.2, -0.15) is 13.2 Å². The number of halogens is 3. The topological polar surface area (TPSA) is 52.8 Å². The molecule has 0 fully saturated rings. The van der Waals surface area contributed by atoms with E-state index in [-0.39, 0.29) is 18.9 Å². The van der Waals surface area contributed by atoms with Crippen molar-refractivity contribution in [1.29, 1.82) is 0 Å². The highest BCUT2D eigenvalue weighted by molar-refractivity contribution is 7.62. The lowest BCUT2D eigenvalue weighted by molar-refractivity contribution is -0.141. The fourth-order valence-corrected chi connectivity index (χ4v) is 3.86. The van der Waals surface area contributed by atoms with Gasteiger partial charge in [0, 0.05) is 6.20 Å². The highest BCUT2D eigenvalue weighted by Crippen LogP contribution is 2.49. The second-order valence-corrected chi connectivity index (χ2v) is 6.43. The number of fused-ring (bicyclic) bond motifs is 1. The molecule has 5 nitrogen and oxygen atoms in total. The van der Waals surface area contributed by atoms with Gasteiger partial charge in [-0.1, -0.05) is 6.07 Å². The standard InChI is InChI=1S/C13H16F3N2O3P/c1-4-20-22(19,21-5-2)12-10(13(14,15)16)18-8-6-7-9(3)11(18)17-12/h6-8H,4-5H2,1-3H3. The summed E-state index contributed by atoms with van der Waals surface area (Å²) in [6.07, 6.45) is -3.52. The van der Waals surface area contributed by atoms with Crippen molar-refractivity contribution in [1.82, 2.24) is 9.38 Å². The van der Waals surface area contributed by atoms with Gasteiger partial charge in [0.15, 0.2) is 11.1 Å². The first-order valence-corrected chi connectivity index (χ1v) is 8.23. The van der Waals surface area contributed by atoms with Crippen LogP contribution in [-0.2, 0) is 19.8 Å². The molecule has 0 atom stereocenters. The molecule has 0 radical (unpaired) electrons. The Kier molecular flexibility index (Phi) is 4.65. The smallest absolute Gasteiger partial charge is 0.304 e. The Labute approximate surface area is 125 Å². The van der Waals surface area contributed by atoms with E-state index in [4.69, 9.17) is 9.05 Å². The minimum Gasteiger partial charge on any atom is -0.304 e. The average molecular weight is 336 g/mol. The molecule has 0 saturated carbocycles. The molecule has 9 heteroatoms. The summed E-state index contributed by atoms with van der Waals surface area (Å²) in [7, 11) is -4.15. The van der Waals surface area contributed by atoms with Gasteiger partial charge >= 0.3 is 13.8 Å². The minimum atomic E-state index is -4.74. The van der Waals surface area contributed by atoms with E-state index >= 15 is 0 Å². The molecule has 0 unspecified atom stereocenters. The third-order valence-corrected chi connectivity index (χ3v) is 4.98. The van der Waals surface area contributed by atoms with E-state index in [0.29, 0.717) is 5.56 Å². The van der Waals surface area contributed by atoms with Crippen molar-refractivity contribution in [3.8, 4) is 0 Å². The largest absolute Gasteiger partial charge is 0.434 e. The molecule has 0 bridgehead atoms. The number of rotatable bonds is 5. The number of hydrogen-bond donors (Lipinski definition) is 0. The maximum Gasteiger partial charge on any atom is 0.434 e. The number of aryl methyl sites for hydroxylation is 1. The maximum atomic E-state index is 13.5. The van der Waals surface area contributed by atoms with Crippen LogP contribution in [-0.4, -0.2) is 22.6 Å². The van der Waals surface area contributed by atoms with Crippen molar-refractivity contribution < 1.29 is 26.8 Å². The molecule has 2 aromatic rings. The molecule has 0 N–H and O–H groups in total. The van der Waals surface area contributed by atoms with Crippen molar-refractivity contribution in [2.24, 2.45) is 0 Å². The molecule has 0 aromatic carbocycles. The normalized spacial score (nSPS) is 13.0. The molecule has 2 aromatic heterocycles. The van der Waals surface area contributed by atoms with Gasteiger partial charge in [0.05, 0.1) is 13.2 Å². The average Bonchev–Trinajstić information content (AvgIpc) is 2.80. The summed E-state index contributed by atoms with van der Waals surface area (Å²) >= 11 is 0. The molecule has 2 heterocycles. The number of aromatic nitrogens is 2. The van der Waals surface area contributed by atoms with Gasteiger partial charge in [0.1, 0.15) is 5.65 Å². The van der Waals surface area contributed by atoms with Crippen LogP contribution in [0, 0.1) is 6.92 Å². The Morgan fingerprint density at radius 1 is 1.27 bits per heavy atom. The third kappa shape index (κ3) is 2.91. The van der Waals surface area contributed by atoms with Crippen LogP contribution in [0.5, 0.6) is 0 Å². The lowest BCUT2D eigenvalue weighted by Crippen LogP contribution is -2.23. The summed E-state index contributed by atoms with van der Waals surface area (Å²) in [4.78, 5) is 3.92. The zero-order valence-electron chi connectivity index (χ0n) is 12.3. The van der Waals surface area contributed by atoms with E-state index < -0.39 is 24.9 Å². The summed E-state index contributed by atoms with van der Waals surface area (Å²) in [5.74, 6) is 0. The fraction of sp³-hybridized carbons (Fsp3) is 0.462. The summed E-state index contributed by atoms with van der Waals surface area (Å²) in [5.41, 5.74) is -1.22. The van der Waals surface area contributed by atoms with E-state index in [1.54, 1.807) is 13.0 Å². The van der Waals surface area contributed by atoms with Gasteiger partial charge < -0.3 is 9.05 Å². The number of alkyl halides is 3. The zero-order chi connectivity index (χ0) is 16.5. The first kappa shape index (κ1) is 17.0. The number of imidazole rings is 1. The van der Waals surface area contributed by atoms with Gasteiger partial charge in [0.2, 0.25) is 0 Å². The van der Waals surface area contributed by atoms with Crippen LogP contribution < -0.4 is 5.44 Å². The molecule has 0 aliphatic rings. The van der Waals surface area contributed by atoms with E-state index in [1.807, 2.05) is 0 Å². The van der Waals surface area contributed by atoms with Crippen LogP contribution in [0.1, 0.15) is 25.1 Å². The monoisotopic (exact) mass is 336 g/mol. The Hall–Kier alpha value is -1.37. The maximum absolute atomic E-state index is 13.5. The second kappa shape index (κ2) is 6.02. The SMILES string of the molecule is CCOP(=O)(OCC)c1nc2c(C)cccn2c1C(F)(F)F. The molecule has 2 rings (SSSR count). The van der Waals surface area contributed by atoms with Gasteiger partial charge in [-0.25, -0.2) is 4.98 Å². The summed E-state index contributed by atoms with van der Waals surface area (Å²) in [5, 5.41) is 0. The van der Waals surface area contributed by atoms with Gasteiger partial charge in [0.25, 0.3) is 0 Å². The Balaban J connectivity index is 2.82. The highest BCUT2D eigenvalue weighted by Gasteiger charge is 2.45. The Bertz CT molecular complexity index is 717. The number of hydrogen-bond acceptors (Lipinski definition) is 4. The number of pyridine rings is 1. The first-order chi connectivity index (χ1) is 10.2. The van der Waals surface area contributed by atoms with Gasteiger partial charge in [-0.15, -0.1) is 0 Å². The molecular formula is C13H16F3N2O3P. The van der Waals surface area contributed by atoms with Gasteiger partial charge in [-0.3, -0.25) is 8.97 Å². The molecule has 0 aliphatic heterocycles. The van der Waals surface area contributed by atoms with Crippen molar-refractivity contribution in [2.45, 2.75) is 26.9 Å². The molecule has 0 saturated heterocycles. The van der Waals surface area contributed by atoms with Crippen LogP contribution in [0.15, 0.2) is 18.3 Å². The van der Waals surface area contributed by atoms with Crippen LogP contribution in [0.25, 0.3) is 5.65 Å². The molecule has 22 heavy (non-hydrogen) atoms. The third-order valence-electron chi connectivity index (χ3n) is 2.95. The predicted octanol–water partition coefficient (Wildman–Crippen LogP) is 3.55. The van der Waals surface area contributed by atoms with Crippen molar-refractivity contribution >= 4 is 18.7 Å². The van der Waals surface area contributed by atoms with E-state index in [9.17, 15) is 17.7 Å². The van der Waals surface area contributed by atoms with Crippen LogP contribution >= 0.6 is 7.60 Å². The summed E-state index contributed by atoms with van der Waals surface area (Å²) in [6, 6.07) is 3.09. The predicted molar refractivity (Wildman–Crippen MR) is 75.4 cm³/mol. The van der Waals surface area contributed by atoms with Crippen molar-refractivity contribution in [2.75, 3.05) is 13.2 Å². The summed E-state index contributed by atoms with van der Waals surface area (Å²) in [6.45, 7) is 4.57. The Morgan fingerprint density at radius 3 is 2.36 bits per heavy atom. The van der Waals surface area contributed by atoms with Crippen molar-refractivity contribution in [3.05, 3.63) is 29.6 Å². The quantitative estimate of drug-likeness (QED) is 0.784. The van der Waals surface area contributed by atoms with Crippen LogP contribution in [0.2, 0.25) is 0 Å². The van der Waals surface area contributed by atoms with Crippen molar-refractivity contribution in [3.63, 3.8) is 0 Å². The van der Waals surface area contributed by atoms with E-state index in [0.717, 1.165) is 4.40 Å². The highest BCUT2D eigenvalue weighted by atomic mass is 31.2. The molecular weight excluding hydrogens is 320 g/mol. The molecule has 0 spiro atoms. The van der Waals surface area contributed by atoms with Crippen LogP contribution in [0.4, 0.5) is 13.2 Å². The number of nitrogens with zero attached hydrogens (tertiary/aromatic N) is 2. The van der Waals surface area contributed by atoms with Crippen LogP contribution in [0.3, 0.4) is 0 Å². The molecule has 0 aliphatic carbocycles. The minimum absolute atomic E-state index is 0.0541. The lowest BCUT2D eigenvalue weighted by Gasteiger charge is -2.17. The second-order valence-electron chi connectivity index (χ2n) is 4.50. The first-order valence-electron chi connectivity index (χ1n) is 6.69. The zero-order valence-corrected chi connectivity index (χ0v) is 13.2. The summed E-state index contributed by atoms with van der Waals surface area (Å²) < 4.78 is 64.0. The lowest BCUT2D eigenvalue weighted by atomic mass is 10.3. The fourth-order valence-electron chi connectivity index (χ4n) is 2.15.